The second-order valence-electron chi connectivity index (χ2n) is 7.42. The van der Waals surface area contributed by atoms with Crippen molar-refractivity contribution in [2.75, 3.05) is 6.61 Å². The summed E-state index contributed by atoms with van der Waals surface area (Å²) in [5, 5.41) is 0. The fourth-order valence-corrected chi connectivity index (χ4v) is 2.83. The highest BCUT2D eigenvalue weighted by Gasteiger charge is 2.37. The molecule has 3 nitrogen and oxygen atoms in total. The fraction of sp³-hybridized carbons (Fsp3) is 0.429. The Morgan fingerprint density at radius 1 is 1.04 bits per heavy atom. The molecule has 0 aliphatic carbocycles. The van der Waals surface area contributed by atoms with Crippen LogP contribution in [0, 0.1) is 0 Å². The minimum absolute atomic E-state index is 0.0855. The van der Waals surface area contributed by atoms with Gasteiger partial charge in [-0.1, -0.05) is 51.1 Å². The van der Waals surface area contributed by atoms with Crippen LogP contribution in [0.15, 0.2) is 48.8 Å². The van der Waals surface area contributed by atoms with Gasteiger partial charge in [-0.05, 0) is 48.4 Å². The van der Waals surface area contributed by atoms with Gasteiger partial charge < -0.3 is 4.74 Å². The number of esters is 1. The van der Waals surface area contributed by atoms with Gasteiger partial charge in [-0.2, -0.15) is 0 Å². The van der Waals surface area contributed by atoms with Gasteiger partial charge in [0.05, 0.1) is 12.0 Å². The zero-order valence-corrected chi connectivity index (χ0v) is 15.3. The standard InChI is InChI=1S/C21H27NO2/c1-6-24-19(23)21(5,14-16-8-7-13-22-15-16)18-11-9-17(10-12-18)20(2,3)4/h7-13,15H,6,14H2,1-5H3. The molecule has 1 aromatic carbocycles. The molecule has 2 rings (SSSR count). The number of carbonyl (C=O) groups excluding carboxylic acids is 1. The van der Waals surface area contributed by atoms with Crippen molar-refractivity contribution in [1.82, 2.24) is 4.98 Å². The molecule has 1 unspecified atom stereocenters. The topological polar surface area (TPSA) is 39.2 Å². The van der Waals surface area contributed by atoms with E-state index >= 15 is 0 Å². The fourth-order valence-electron chi connectivity index (χ4n) is 2.83. The summed E-state index contributed by atoms with van der Waals surface area (Å²) in [5.41, 5.74) is 2.60. The molecule has 0 saturated carbocycles. The first-order chi connectivity index (χ1) is 11.3. The third-order valence-electron chi connectivity index (χ3n) is 4.39. The smallest absolute Gasteiger partial charge is 0.316 e. The summed E-state index contributed by atoms with van der Waals surface area (Å²) >= 11 is 0. The van der Waals surface area contributed by atoms with Gasteiger partial charge in [0.25, 0.3) is 0 Å². The van der Waals surface area contributed by atoms with Crippen molar-refractivity contribution in [1.29, 1.82) is 0 Å². The average molecular weight is 325 g/mol. The van der Waals surface area contributed by atoms with Crippen molar-refractivity contribution in [3.8, 4) is 0 Å². The Bertz CT molecular complexity index is 671. The first-order valence-corrected chi connectivity index (χ1v) is 8.44. The van der Waals surface area contributed by atoms with Gasteiger partial charge >= 0.3 is 5.97 Å². The van der Waals surface area contributed by atoms with Crippen LogP contribution in [0.4, 0.5) is 0 Å². The lowest BCUT2D eigenvalue weighted by molar-refractivity contribution is -0.149. The predicted molar refractivity (Wildman–Crippen MR) is 97.1 cm³/mol. The molecular weight excluding hydrogens is 298 g/mol. The molecule has 0 N–H and O–H groups in total. The van der Waals surface area contributed by atoms with Crippen molar-refractivity contribution in [2.45, 2.75) is 51.9 Å². The maximum absolute atomic E-state index is 12.7. The number of pyridine rings is 1. The Morgan fingerprint density at radius 2 is 1.67 bits per heavy atom. The molecule has 1 heterocycles. The van der Waals surface area contributed by atoms with Crippen molar-refractivity contribution >= 4 is 5.97 Å². The van der Waals surface area contributed by atoms with E-state index in [0.29, 0.717) is 13.0 Å². The molecule has 0 fully saturated rings. The Hall–Kier alpha value is -2.16. The lowest BCUT2D eigenvalue weighted by atomic mass is 9.76. The lowest BCUT2D eigenvalue weighted by Gasteiger charge is -2.29. The van der Waals surface area contributed by atoms with E-state index in [0.717, 1.165) is 11.1 Å². The van der Waals surface area contributed by atoms with Gasteiger partial charge in [0.2, 0.25) is 0 Å². The van der Waals surface area contributed by atoms with E-state index in [2.05, 4.69) is 37.9 Å². The summed E-state index contributed by atoms with van der Waals surface area (Å²) in [6.45, 7) is 10.7. The summed E-state index contributed by atoms with van der Waals surface area (Å²) in [7, 11) is 0. The van der Waals surface area contributed by atoms with Crippen LogP contribution >= 0.6 is 0 Å². The minimum Gasteiger partial charge on any atom is -0.465 e. The zero-order valence-electron chi connectivity index (χ0n) is 15.3. The Morgan fingerprint density at radius 3 is 2.17 bits per heavy atom. The molecule has 0 radical (unpaired) electrons. The molecule has 1 atom stereocenters. The van der Waals surface area contributed by atoms with E-state index in [9.17, 15) is 4.79 Å². The molecule has 0 amide bonds. The Labute approximate surface area is 145 Å². The second-order valence-corrected chi connectivity index (χ2v) is 7.42. The van der Waals surface area contributed by atoms with Crippen molar-refractivity contribution in [3.05, 3.63) is 65.5 Å². The third-order valence-corrected chi connectivity index (χ3v) is 4.39. The number of nitrogens with zero attached hydrogens (tertiary/aromatic N) is 1. The van der Waals surface area contributed by atoms with E-state index in [4.69, 9.17) is 4.74 Å². The Balaban J connectivity index is 2.40. The number of benzene rings is 1. The number of carbonyl (C=O) groups is 1. The first-order valence-electron chi connectivity index (χ1n) is 8.44. The minimum atomic E-state index is -0.727. The van der Waals surface area contributed by atoms with Crippen LogP contribution in [0.25, 0.3) is 0 Å². The van der Waals surface area contributed by atoms with Crippen LogP contribution in [-0.4, -0.2) is 17.6 Å². The monoisotopic (exact) mass is 325 g/mol. The van der Waals surface area contributed by atoms with Crippen LogP contribution in [-0.2, 0) is 26.8 Å². The van der Waals surface area contributed by atoms with Gasteiger partial charge in [0, 0.05) is 12.4 Å². The molecule has 0 spiro atoms. The molecule has 0 saturated heterocycles. The summed E-state index contributed by atoms with van der Waals surface area (Å²) in [6, 6.07) is 12.2. The first kappa shape index (κ1) is 18.2. The van der Waals surface area contributed by atoms with Crippen LogP contribution in [0.3, 0.4) is 0 Å². The number of hydrogen-bond acceptors (Lipinski definition) is 3. The summed E-state index contributed by atoms with van der Waals surface area (Å²) < 4.78 is 5.37. The van der Waals surface area contributed by atoms with Gasteiger partial charge in [-0.25, -0.2) is 0 Å². The normalized spacial score (nSPS) is 14.0. The molecule has 3 heteroatoms. The maximum atomic E-state index is 12.7. The van der Waals surface area contributed by atoms with Crippen molar-refractivity contribution < 1.29 is 9.53 Å². The van der Waals surface area contributed by atoms with Crippen molar-refractivity contribution in [3.63, 3.8) is 0 Å². The summed E-state index contributed by atoms with van der Waals surface area (Å²) in [5.74, 6) is -0.197. The number of hydrogen-bond donors (Lipinski definition) is 0. The highest BCUT2D eigenvalue weighted by molar-refractivity contribution is 5.83. The molecular formula is C21H27NO2. The summed E-state index contributed by atoms with van der Waals surface area (Å²) in [4.78, 5) is 16.9. The molecule has 128 valence electrons. The van der Waals surface area contributed by atoms with Crippen molar-refractivity contribution in [2.24, 2.45) is 0 Å². The van der Waals surface area contributed by atoms with E-state index in [1.807, 2.05) is 38.1 Å². The van der Waals surface area contributed by atoms with Gasteiger partial charge in [-0.15, -0.1) is 0 Å². The second kappa shape index (κ2) is 7.16. The largest absolute Gasteiger partial charge is 0.465 e. The Kier molecular flexibility index (Phi) is 5.43. The van der Waals surface area contributed by atoms with Crippen LogP contribution < -0.4 is 0 Å². The van der Waals surface area contributed by atoms with Gasteiger partial charge in [-0.3, -0.25) is 9.78 Å². The van der Waals surface area contributed by atoms with E-state index in [-0.39, 0.29) is 11.4 Å². The lowest BCUT2D eigenvalue weighted by Crippen LogP contribution is -2.37. The SMILES string of the molecule is CCOC(=O)C(C)(Cc1cccnc1)c1ccc(C(C)(C)C)cc1. The molecule has 2 aromatic rings. The number of ether oxygens (including phenoxy) is 1. The van der Waals surface area contributed by atoms with Crippen LogP contribution in [0.1, 0.15) is 51.3 Å². The highest BCUT2D eigenvalue weighted by Crippen LogP contribution is 2.32. The molecule has 24 heavy (non-hydrogen) atoms. The molecule has 0 bridgehead atoms. The molecule has 0 aliphatic rings. The average Bonchev–Trinajstić information content (AvgIpc) is 2.55. The zero-order chi connectivity index (χ0) is 17.8. The predicted octanol–water partition coefficient (Wildman–Crippen LogP) is 4.44. The number of aromatic nitrogens is 1. The van der Waals surface area contributed by atoms with E-state index < -0.39 is 5.41 Å². The van der Waals surface area contributed by atoms with Gasteiger partial charge in [0.1, 0.15) is 0 Å². The number of rotatable bonds is 5. The van der Waals surface area contributed by atoms with Crippen LogP contribution in [0.2, 0.25) is 0 Å². The highest BCUT2D eigenvalue weighted by atomic mass is 16.5. The summed E-state index contributed by atoms with van der Waals surface area (Å²) in [6.07, 6.45) is 4.11. The quantitative estimate of drug-likeness (QED) is 0.763. The maximum Gasteiger partial charge on any atom is 0.316 e. The third kappa shape index (κ3) is 4.02. The molecule has 1 aromatic heterocycles. The van der Waals surface area contributed by atoms with E-state index in [1.54, 1.807) is 12.4 Å². The van der Waals surface area contributed by atoms with Crippen LogP contribution in [0.5, 0.6) is 0 Å². The van der Waals surface area contributed by atoms with Gasteiger partial charge in [0.15, 0.2) is 0 Å². The molecule has 0 aliphatic heterocycles. The van der Waals surface area contributed by atoms with E-state index in [1.165, 1.54) is 5.56 Å².